The number of benzene rings is 2. The first-order valence-corrected chi connectivity index (χ1v) is 11.1. The smallest absolute Gasteiger partial charge is 0.234 e. The third kappa shape index (κ3) is 6.17. The van der Waals surface area contributed by atoms with Crippen LogP contribution in [0.2, 0.25) is 0 Å². The van der Waals surface area contributed by atoms with Crippen molar-refractivity contribution in [1.29, 1.82) is 0 Å². The van der Waals surface area contributed by atoms with E-state index in [2.05, 4.69) is 36.8 Å². The van der Waals surface area contributed by atoms with Crippen molar-refractivity contribution >= 4 is 45.2 Å². The SMILES string of the molecule is Cc1cc(Br)ccc1NC(=O)CSc1nnc(CNC(=O)Cc2ccccc2)n1C. The first kappa shape index (κ1) is 22.0. The number of amides is 2. The van der Waals surface area contributed by atoms with E-state index >= 15 is 0 Å². The van der Waals surface area contributed by atoms with Gasteiger partial charge in [-0.25, -0.2) is 0 Å². The van der Waals surface area contributed by atoms with E-state index in [9.17, 15) is 9.59 Å². The third-order valence-electron chi connectivity index (χ3n) is 4.37. The van der Waals surface area contributed by atoms with Gasteiger partial charge in [-0.05, 0) is 36.2 Å². The van der Waals surface area contributed by atoms with Crippen molar-refractivity contribution in [2.24, 2.45) is 7.05 Å². The number of rotatable bonds is 8. The summed E-state index contributed by atoms with van der Waals surface area (Å²) < 4.78 is 2.75. The summed E-state index contributed by atoms with van der Waals surface area (Å²) in [5.41, 5.74) is 2.72. The first-order chi connectivity index (χ1) is 14.4. The largest absolute Gasteiger partial charge is 0.349 e. The lowest BCUT2D eigenvalue weighted by Crippen LogP contribution is -2.26. The molecule has 2 N–H and O–H groups in total. The van der Waals surface area contributed by atoms with Crippen LogP contribution in [0.1, 0.15) is 17.0 Å². The van der Waals surface area contributed by atoms with Gasteiger partial charge in [0.2, 0.25) is 11.8 Å². The minimum absolute atomic E-state index is 0.0809. The Labute approximate surface area is 187 Å². The summed E-state index contributed by atoms with van der Waals surface area (Å²) >= 11 is 4.71. The Morgan fingerprint density at radius 2 is 1.87 bits per heavy atom. The van der Waals surface area contributed by atoms with Crippen molar-refractivity contribution in [2.75, 3.05) is 11.1 Å². The molecule has 9 heteroatoms. The topological polar surface area (TPSA) is 88.9 Å². The molecule has 156 valence electrons. The van der Waals surface area contributed by atoms with Crippen molar-refractivity contribution < 1.29 is 9.59 Å². The number of hydrogen-bond acceptors (Lipinski definition) is 5. The van der Waals surface area contributed by atoms with E-state index in [0.29, 0.717) is 17.4 Å². The molecular weight excluding hydrogens is 466 g/mol. The molecule has 0 saturated carbocycles. The van der Waals surface area contributed by atoms with Gasteiger partial charge in [-0.3, -0.25) is 9.59 Å². The molecule has 1 heterocycles. The van der Waals surface area contributed by atoms with E-state index in [1.165, 1.54) is 11.8 Å². The second-order valence-corrected chi connectivity index (χ2v) is 8.55. The second-order valence-electron chi connectivity index (χ2n) is 6.69. The molecule has 0 bridgehead atoms. The van der Waals surface area contributed by atoms with Crippen LogP contribution in [0.3, 0.4) is 0 Å². The number of carbonyl (C=O) groups is 2. The Hall–Kier alpha value is -2.65. The van der Waals surface area contributed by atoms with Crippen LogP contribution in [0.4, 0.5) is 5.69 Å². The van der Waals surface area contributed by atoms with Gasteiger partial charge in [0.25, 0.3) is 0 Å². The molecule has 1 aromatic heterocycles. The van der Waals surface area contributed by atoms with Gasteiger partial charge in [-0.1, -0.05) is 58.0 Å². The molecular formula is C21H22BrN5O2S. The zero-order valence-corrected chi connectivity index (χ0v) is 19.1. The van der Waals surface area contributed by atoms with Gasteiger partial charge in [0.1, 0.15) is 0 Å². The Morgan fingerprint density at radius 1 is 1.10 bits per heavy atom. The average molecular weight is 488 g/mol. The molecule has 3 aromatic rings. The van der Waals surface area contributed by atoms with Crippen molar-refractivity contribution in [2.45, 2.75) is 25.0 Å². The summed E-state index contributed by atoms with van der Waals surface area (Å²) in [5.74, 6) is 0.638. The summed E-state index contributed by atoms with van der Waals surface area (Å²) in [6, 6.07) is 15.3. The molecule has 3 rings (SSSR count). The summed E-state index contributed by atoms with van der Waals surface area (Å²) in [5, 5.41) is 14.6. The van der Waals surface area contributed by atoms with Crippen LogP contribution >= 0.6 is 27.7 Å². The van der Waals surface area contributed by atoms with E-state index in [4.69, 9.17) is 0 Å². The van der Waals surface area contributed by atoms with E-state index in [1.54, 1.807) is 4.57 Å². The molecule has 0 radical (unpaired) electrons. The van der Waals surface area contributed by atoms with Gasteiger partial charge in [-0.2, -0.15) is 0 Å². The molecule has 0 fully saturated rings. The Morgan fingerprint density at radius 3 is 2.60 bits per heavy atom. The second kappa shape index (κ2) is 10.4. The number of thioether (sulfide) groups is 1. The molecule has 0 spiro atoms. The third-order valence-corrected chi connectivity index (χ3v) is 5.88. The number of nitrogens with one attached hydrogen (secondary N) is 2. The van der Waals surface area contributed by atoms with Crippen LogP contribution in [0.15, 0.2) is 58.2 Å². The number of halogens is 1. The average Bonchev–Trinajstić information content (AvgIpc) is 3.07. The van der Waals surface area contributed by atoms with E-state index in [0.717, 1.165) is 21.3 Å². The zero-order chi connectivity index (χ0) is 21.5. The maximum Gasteiger partial charge on any atom is 0.234 e. The molecule has 2 amide bonds. The first-order valence-electron chi connectivity index (χ1n) is 9.30. The molecule has 0 aliphatic heterocycles. The Bertz CT molecular complexity index is 1040. The van der Waals surface area contributed by atoms with E-state index in [-0.39, 0.29) is 24.1 Å². The lowest BCUT2D eigenvalue weighted by atomic mass is 10.1. The maximum absolute atomic E-state index is 12.3. The highest BCUT2D eigenvalue weighted by atomic mass is 79.9. The summed E-state index contributed by atoms with van der Waals surface area (Å²) in [6.45, 7) is 2.22. The maximum atomic E-state index is 12.3. The van der Waals surface area contributed by atoms with Gasteiger partial charge >= 0.3 is 0 Å². The molecule has 30 heavy (non-hydrogen) atoms. The number of aromatic nitrogens is 3. The van der Waals surface area contributed by atoms with Gasteiger partial charge in [0.15, 0.2) is 11.0 Å². The predicted octanol–water partition coefficient (Wildman–Crippen LogP) is 3.48. The normalized spacial score (nSPS) is 10.6. The summed E-state index contributed by atoms with van der Waals surface area (Å²) in [6.07, 6.45) is 0.315. The van der Waals surface area contributed by atoms with Crippen molar-refractivity contribution in [3.05, 3.63) is 70.0 Å². The van der Waals surface area contributed by atoms with E-state index in [1.807, 2.05) is 62.5 Å². The summed E-state index contributed by atoms with van der Waals surface area (Å²) in [4.78, 5) is 24.4. The fraction of sp³-hybridized carbons (Fsp3) is 0.238. The highest BCUT2D eigenvalue weighted by Crippen LogP contribution is 2.21. The van der Waals surface area contributed by atoms with E-state index < -0.39 is 0 Å². The van der Waals surface area contributed by atoms with Gasteiger partial charge < -0.3 is 15.2 Å². The lowest BCUT2D eigenvalue weighted by Gasteiger charge is -2.09. The Kier molecular flexibility index (Phi) is 7.64. The van der Waals surface area contributed by atoms with Crippen LogP contribution in [-0.2, 0) is 29.6 Å². The van der Waals surface area contributed by atoms with Crippen LogP contribution in [-0.4, -0.2) is 32.3 Å². The Balaban J connectivity index is 1.48. The molecule has 0 aliphatic rings. The van der Waals surface area contributed by atoms with Crippen LogP contribution in [0.5, 0.6) is 0 Å². The number of anilines is 1. The van der Waals surface area contributed by atoms with Gasteiger partial charge in [-0.15, -0.1) is 10.2 Å². The number of hydrogen-bond donors (Lipinski definition) is 2. The number of aryl methyl sites for hydroxylation is 1. The van der Waals surface area contributed by atoms with Crippen molar-refractivity contribution in [3.8, 4) is 0 Å². The van der Waals surface area contributed by atoms with Gasteiger partial charge in [0, 0.05) is 17.2 Å². The zero-order valence-electron chi connectivity index (χ0n) is 16.7. The fourth-order valence-electron chi connectivity index (χ4n) is 2.73. The number of nitrogens with zero attached hydrogens (tertiary/aromatic N) is 3. The highest BCUT2D eigenvalue weighted by Gasteiger charge is 2.13. The quantitative estimate of drug-likeness (QED) is 0.474. The monoisotopic (exact) mass is 487 g/mol. The minimum atomic E-state index is -0.119. The van der Waals surface area contributed by atoms with Crippen LogP contribution in [0.25, 0.3) is 0 Å². The lowest BCUT2D eigenvalue weighted by molar-refractivity contribution is -0.120. The predicted molar refractivity (Wildman–Crippen MR) is 121 cm³/mol. The molecule has 7 nitrogen and oxygen atoms in total. The molecule has 0 unspecified atom stereocenters. The highest BCUT2D eigenvalue weighted by molar-refractivity contribution is 9.10. The molecule has 2 aromatic carbocycles. The van der Waals surface area contributed by atoms with Crippen molar-refractivity contribution in [1.82, 2.24) is 20.1 Å². The molecule has 0 atom stereocenters. The van der Waals surface area contributed by atoms with Crippen LogP contribution < -0.4 is 10.6 Å². The standard InChI is InChI=1S/C21H22BrN5O2S/c1-14-10-16(22)8-9-17(14)24-20(29)13-30-21-26-25-18(27(21)2)12-23-19(28)11-15-6-4-3-5-7-15/h3-10H,11-13H2,1-2H3,(H,23,28)(H,24,29). The minimum Gasteiger partial charge on any atom is -0.349 e. The fourth-order valence-corrected chi connectivity index (χ4v) is 3.94. The number of carbonyl (C=O) groups excluding carboxylic acids is 2. The van der Waals surface area contributed by atoms with Crippen molar-refractivity contribution in [3.63, 3.8) is 0 Å². The molecule has 0 aliphatic carbocycles. The van der Waals surface area contributed by atoms with Crippen LogP contribution in [0, 0.1) is 6.92 Å². The molecule has 0 saturated heterocycles. The summed E-state index contributed by atoms with van der Waals surface area (Å²) in [7, 11) is 1.82. The van der Waals surface area contributed by atoms with Gasteiger partial charge in [0.05, 0.1) is 18.7 Å².